The predicted octanol–water partition coefficient (Wildman–Crippen LogP) is 1.82. The largest absolute Gasteiger partial charge is 0.481 e. The number of urea groups is 1. The van der Waals surface area contributed by atoms with Crippen molar-refractivity contribution in [2.45, 2.75) is 45.1 Å². The van der Waals surface area contributed by atoms with Crippen LogP contribution >= 0.6 is 0 Å². The van der Waals surface area contributed by atoms with Gasteiger partial charge in [0.1, 0.15) is 0 Å². The predicted molar refractivity (Wildman–Crippen MR) is 73.9 cm³/mol. The van der Waals surface area contributed by atoms with E-state index in [-0.39, 0.29) is 30.3 Å². The third-order valence-corrected chi connectivity index (χ3v) is 4.11. The fourth-order valence-corrected chi connectivity index (χ4v) is 2.59. The van der Waals surface area contributed by atoms with Crippen LogP contribution in [-0.2, 0) is 4.79 Å². The minimum atomic E-state index is -0.768. The normalized spacial score (nSPS) is 23.4. The molecule has 0 saturated heterocycles. The van der Waals surface area contributed by atoms with Gasteiger partial charge < -0.3 is 15.3 Å². The summed E-state index contributed by atoms with van der Waals surface area (Å²) in [5.41, 5.74) is 0. The molecular formula is C14H23N3O3. The summed E-state index contributed by atoms with van der Waals surface area (Å²) in [4.78, 5) is 24.6. The zero-order valence-corrected chi connectivity index (χ0v) is 12.1. The molecule has 6 nitrogen and oxygen atoms in total. The first-order valence-electron chi connectivity index (χ1n) is 7.07. The van der Waals surface area contributed by atoms with E-state index in [1.54, 1.807) is 7.05 Å². The van der Waals surface area contributed by atoms with Crippen molar-refractivity contribution in [2.24, 2.45) is 11.8 Å². The number of nitriles is 1. The molecule has 1 aliphatic carbocycles. The third-order valence-electron chi connectivity index (χ3n) is 4.11. The summed E-state index contributed by atoms with van der Waals surface area (Å²) in [7, 11) is 1.65. The van der Waals surface area contributed by atoms with Gasteiger partial charge in [0.2, 0.25) is 0 Å². The standard InChI is InChI=1S/C14H23N3O3/c1-10(7-8-15)17(2)14(20)16-9-11-5-3-4-6-12(11)13(18)19/h10-12H,3-7,9H2,1-2H3,(H,16,20)(H,18,19). The topological polar surface area (TPSA) is 93.4 Å². The first-order chi connectivity index (χ1) is 9.47. The molecule has 0 spiro atoms. The Bertz CT molecular complexity index is 392. The molecule has 2 amide bonds. The van der Waals surface area contributed by atoms with E-state index < -0.39 is 5.97 Å². The molecule has 112 valence electrons. The van der Waals surface area contributed by atoms with Gasteiger partial charge in [-0.15, -0.1) is 0 Å². The lowest BCUT2D eigenvalue weighted by atomic mass is 9.79. The van der Waals surface area contributed by atoms with Crippen molar-refractivity contribution in [3.8, 4) is 6.07 Å². The number of hydrogen-bond donors (Lipinski definition) is 2. The van der Waals surface area contributed by atoms with E-state index in [0.29, 0.717) is 13.0 Å². The summed E-state index contributed by atoms with van der Waals surface area (Å²) < 4.78 is 0. The molecule has 0 radical (unpaired) electrons. The van der Waals surface area contributed by atoms with E-state index in [2.05, 4.69) is 5.32 Å². The lowest BCUT2D eigenvalue weighted by molar-refractivity contribution is -0.144. The minimum absolute atomic E-state index is 0.00451. The van der Waals surface area contributed by atoms with Crippen LogP contribution in [0, 0.1) is 23.2 Å². The Balaban J connectivity index is 2.46. The molecule has 1 rings (SSSR count). The van der Waals surface area contributed by atoms with Crippen molar-refractivity contribution in [3.05, 3.63) is 0 Å². The van der Waals surface area contributed by atoms with E-state index in [4.69, 9.17) is 5.26 Å². The van der Waals surface area contributed by atoms with Gasteiger partial charge in [0.05, 0.1) is 18.4 Å². The number of rotatable bonds is 5. The van der Waals surface area contributed by atoms with Crippen molar-refractivity contribution in [1.29, 1.82) is 5.26 Å². The van der Waals surface area contributed by atoms with Gasteiger partial charge in [0.15, 0.2) is 0 Å². The molecule has 2 N–H and O–H groups in total. The van der Waals surface area contributed by atoms with Crippen LogP contribution < -0.4 is 5.32 Å². The maximum atomic E-state index is 11.9. The zero-order valence-electron chi connectivity index (χ0n) is 12.1. The van der Waals surface area contributed by atoms with Crippen molar-refractivity contribution in [2.75, 3.05) is 13.6 Å². The third kappa shape index (κ3) is 4.41. The summed E-state index contributed by atoms with van der Waals surface area (Å²) in [6.07, 6.45) is 3.78. The van der Waals surface area contributed by atoms with Crippen LogP contribution in [0.5, 0.6) is 0 Å². The Kier molecular flexibility index (Phi) is 6.29. The van der Waals surface area contributed by atoms with Gasteiger partial charge >= 0.3 is 12.0 Å². The summed E-state index contributed by atoms with van der Waals surface area (Å²) in [5, 5.41) is 20.6. The van der Waals surface area contributed by atoms with E-state index >= 15 is 0 Å². The van der Waals surface area contributed by atoms with Crippen molar-refractivity contribution in [3.63, 3.8) is 0 Å². The van der Waals surface area contributed by atoms with Crippen molar-refractivity contribution >= 4 is 12.0 Å². The average Bonchev–Trinajstić information content (AvgIpc) is 2.44. The van der Waals surface area contributed by atoms with Crippen LogP contribution in [0.3, 0.4) is 0 Å². The van der Waals surface area contributed by atoms with Gasteiger partial charge in [-0.3, -0.25) is 4.79 Å². The Labute approximate surface area is 119 Å². The highest BCUT2D eigenvalue weighted by atomic mass is 16.4. The van der Waals surface area contributed by atoms with Gasteiger partial charge in [0.25, 0.3) is 0 Å². The van der Waals surface area contributed by atoms with Crippen molar-refractivity contribution < 1.29 is 14.7 Å². The highest BCUT2D eigenvalue weighted by Crippen LogP contribution is 2.29. The van der Waals surface area contributed by atoms with Crippen LogP contribution in [-0.4, -0.2) is 41.6 Å². The number of nitrogens with one attached hydrogen (secondary N) is 1. The average molecular weight is 281 g/mol. The Hall–Kier alpha value is -1.77. The molecule has 3 atom stereocenters. The first kappa shape index (κ1) is 16.3. The van der Waals surface area contributed by atoms with E-state index in [1.165, 1.54) is 4.90 Å². The second kappa shape index (κ2) is 7.73. The molecule has 0 bridgehead atoms. The minimum Gasteiger partial charge on any atom is -0.481 e. The van der Waals surface area contributed by atoms with Crippen LogP contribution in [0.15, 0.2) is 0 Å². The fraction of sp³-hybridized carbons (Fsp3) is 0.786. The van der Waals surface area contributed by atoms with Gasteiger partial charge in [-0.1, -0.05) is 12.8 Å². The van der Waals surface area contributed by atoms with Crippen LogP contribution in [0.4, 0.5) is 4.79 Å². The Morgan fingerprint density at radius 2 is 2.10 bits per heavy atom. The fourth-order valence-electron chi connectivity index (χ4n) is 2.59. The number of carbonyl (C=O) groups excluding carboxylic acids is 1. The van der Waals surface area contributed by atoms with E-state index in [1.807, 2.05) is 13.0 Å². The molecule has 1 fully saturated rings. The highest BCUT2D eigenvalue weighted by molar-refractivity contribution is 5.74. The SMILES string of the molecule is CC(CC#N)N(C)C(=O)NCC1CCCCC1C(=O)O. The maximum absolute atomic E-state index is 11.9. The van der Waals surface area contributed by atoms with Gasteiger partial charge in [-0.05, 0) is 25.7 Å². The van der Waals surface area contributed by atoms with E-state index in [0.717, 1.165) is 19.3 Å². The Morgan fingerprint density at radius 1 is 1.45 bits per heavy atom. The molecule has 1 aliphatic rings. The Morgan fingerprint density at radius 3 is 2.70 bits per heavy atom. The second-order valence-electron chi connectivity index (χ2n) is 5.50. The zero-order chi connectivity index (χ0) is 15.1. The molecule has 6 heteroatoms. The van der Waals surface area contributed by atoms with Crippen LogP contribution in [0.25, 0.3) is 0 Å². The van der Waals surface area contributed by atoms with Gasteiger partial charge in [-0.25, -0.2) is 4.79 Å². The quantitative estimate of drug-likeness (QED) is 0.803. The van der Waals surface area contributed by atoms with Crippen LogP contribution in [0.2, 0.25) is 0 Å². The van der Waals surface area contributed by atoms with Gasteiger partial charge in [-0.2, -0.15) is 5.26 Å². The monoisotopic (exact) mass is 281 g/mol. The molecular weight excluding hydrogens is 258 g/mol. The number of carbonyl (C=O) groups is 2. The number of nitrogens with zero attached hydrogens (tertiary/aromatic N) is 2. The van der Waals surface area contributed by atoms with Crippen molar-refractivity contribution in [1.82, 2.24) is 10.2 Å². The summed E-state index contributed by atoms with van der Waals surface area (Å²) in [6.45, 7) is 2.20. The molecule has 3 unspecified atom stereocenters. The highest BCUT2D eigenvalue weighted by Gasteiger charge is 2.31. The smallest absolute Gasteiger partial charge is 0.317 e. The number of carboxylic acids is 1. The summed E-state index contributed by atoms with van der Waals surface area (Å²) in [5.74, 6) is -1.12. The molecule has 0 aliphatic heterocycles. The number of hydrogen-bond acceptors (Lipinski definition) is 3. The maximum Gasteiger partial charge on any atom is 0.317 e. The number of aliphatic carboxylic acids is 1. The molecule has 1 saturated carbocycles. The van der Waals surface area contributed by atoms with Crippen LogP contribution in [0.1, 0.15) is 39.0 Å². The molecule has 0 aromatic rings. The first-order valence-corrected chi connectivity index (χ1v) is 7.07. The summed E-state index contributed by atoms with van der Waals surface area (Å²) >= 11 is 0. The summed E-state index contributed by atoms with van der Waals surface area (Å²) in [6, 6.07) is 1.63. The lowest BCUT2D eigenvalue weighted by Gasteiger charge is -2.30. The second-order valence-corrected chi connectivity index (χ2v) is 5.50. The lowest BCUT2D eigenvalue weighted by Crippen LogP contribution is -2.45. The number of amides is 2. The van der Waals surface area contributed by atoms with Gasteiger partial charge in [0, 0.05) is 19.6 Å². The number of carboxylic acid groups (broad SMARTS) is 1. The molecule has 20 heavy (non-hydrogen) atoms. The molecule has 0 aromatic carbocycles. The van der Waals surface area contributed by atoms with E-state index in [9.17, 15) is 14.7 Å². The molecule has 0 heterocycles. The molecule has 0 aromatic heterocycles.